The van der Waals surface area contributed by atoms with Gasteiger partial charge in [0.05, 0.1) is 13.2 Å². The minimum absolute atomic E-state index is 0.0227. The molecule has 0 atom stereocenters. The zero-order valence-electron chi connectivity index (χ0n) is 13.6. The van der Waals surface area contributed by atoms with Crippen LogP contribution < -0.4 is 0 Å². The van der Waals surface area contributed by atoms with Crippen molar-refractivity contribution >= 4 is 12.0 Å². The van der Waals surface area contributed by atoms with E-state index < -0.39 is 0 Å². The summed E-state index contributed by atoms with van der Waals surface area (Å²) in [4.78, 5) is 19.5. The first-order valence-electron chi connectivity index (χ1n) is 8.27. The third kappa shape index (κ3) is 6.52. The van der Waals surface area contributed by atoms with Crippen LogP contribution in [-0.2, 0) is 9.63 Å². The maximum absolute atomic E-state index is 12.3. The minimum Gasteiger partial charge on any atom is -0.395 e. The fraction of sp³-hybridized carbons (Fsp3) is 0.500. The molecule has 1 heterocycles. The highest BCUT2D eigenvalue weighted by Gasteiger charge is 2.16. The van der Waals surface area contributed by atoms with Crippen LogP contribution in [-0.4, -0.2) is 60.4 Å². The van der Waals surface area contributed by atoms with Gasteiger partial charge in [0.1, 0.15) is 0 Å². The topological polar surface area (TPSA) is 53.0 Å². The van der Waals surface area contributed by atoms with E-state index in [0.29, 0.717) is 26.1 Å². The summed E-state index contributed by atoms with van der Waals surface area (Å²) in [7, 11) is 0. The van der Waals surface area contributed by atoms with Gasteiger partial charge in [-0.25, -0.2) is 0 Å². The monoisotopic (exact) mass is 318 g/mol. The first-order valence-corrected chi connectivity index (χ1v) is 8.27. The number of aliphatic hydroxyl groups is 1. The Kier molecular flexibility index (Phi) is 7.80. The summed E-state index contributed by atoms with van der Waals surface area (Å²) in [5.41, 5.74) is 1.10. The molecule has 2 rings (SSSR count). The summed E-state index contributed by atoms with van der Waals surface area (Å²) in [5.74, 6) is 0.0472. The lowest BCUT2D eigenvalue weighted by Crippen LogP contribution is -2.37. The van der Waals surface area contributed by atoms with Crippen LogP contribution in [0.15, 0.2) is 36.4 Å². The molecule has 0 saturated carbocycles. The van der Waals surface area contributed by atoms with Gasteiger partial charge in [0, 0.05) is 32.6 Å². The van der Waals surface area contributed by atoms with Crippen LogP contribution in [0.5, 0.6) is 0 Å². The van der Waals surface area contributed by atoms with E-state index in [9.17, 15) is 4.79 Å². The Morgan fingerprint density at radius 3 is 2.83 bits per heavy atom. The van der Waals surface area contributed by atoms with Gasteiger partial charge < -0.3 is 10.0 Å². The highest BCUT2D eigenvalue weighted by atomic mass is 16.7. The van der Waals surface area contributed by atoms with Crippen molar-refractivity contribution in [2.24, 2.45) is 0 Å². The van der Waals surface area contributed by atoms with Gasteiger partial charge in [-0.05, 0) is 18.4 Å². The van der Waals surface area contributed by atoms with Gasteiger partial charge in [-0.3, -0.25) is 9.63 Å². The summed E-state index contributed by atoms with van der Waals surface area (Å²) >= 11 is 0. The largest absolute Gasteiger partial charge is 0.395 e. The van der Waals surface area contributed by atoms with E-state index in [-0.39, 0.29) is 12.5 Å². The van der Waals surface area contributed by atoms with Gasteiger partial charge in [-0.1, -0.05) is 42.5 Å². The number of benzene rings is 1. The van der Waals surface area contributed by atoms with Gasteiger partial charge in [0.25, 0.3) is 0 Å². The van der Waals surface area contributed by atoms with Crippen LogP contribution in [0.2, 0.25) is 0 Å². The number of rotatable bonds is 8. The van der Waals surface area contributed by atoms with E-state index in [1.807, 2.05) is 47.5 Å². The van der Waals surface area contributed by atoms with E-state index in [0.717, 1.165) is 31.6 Å². The Bertz CT molecular complexity index is 484. The highest BCUT2D eigenvalue weighted by molar-refractivity contribution is 5.76. The molecule has 1 aliphatic rings. The van der Waals surface area contributed by atoms with Crippen LogP contribution in [0.4, 0.5) is 0 Å². The van der Waals surface area contributed by atoms with Crippen LogP contribution >= 0.6 is 0 Å². The Morgan fingerprint density at radius 1 is 1.30 bits per heavy atom. The molecule has 0 bridgehead atoms. The molecule has 1 aliphatic heterocycles. The van der Waals surface area contributed by atoms with E-state index >= 15 is 0 Å². The molecular formula is C18H26N2O3. The third-order valence-electron chi connectivity index (χ3n) is 3.81. The quantitative estimate of drug-likeness (QED) is 0.796. The predicted octanol–water partition coefficient (Wildman–Crippen LogP) is 1.94. The standard InChI is InChI=1S/C18H26N2O3/c21-15-14-19(11-6-9-17-7-2-1-3-8-17)18(22)10-13-20-12-4-5-16-23-20/h1-3,6-9,21H,4-5,10-16H2/b9-6+. The molecule has 1 aromatic rings. The van der Waals surface area contributed by atoms with E-state index in [1.54, 1.807) is 4.90 Å². The molecule has 126 valence electrons. The maximum Gasteiger partial charge on any atom is 0.224 e. The van der Waals surface area contributed by atoms with Crippen molar-refractivity contribution in [3.05, 3.63) is 42.0 Å². The zero-order valence-corrected chi connectivity index (χ0v) is 13.6. The lowest BCUT2D eigenvalue weighted by Gasteiger charge is -2.27. The van der Waals surface area contributed by atoms with E-state index in [2.05, 4.69) is 0 Å². The molecule has 5 heteroatoms. The van der Waals surface area contributed by atoms with Gasteiger partial charge in [0.15, 0.2) is 0 Å². The molecule has 0 aromatic heterocycles. The molecule has 0 unspecified atom stereocenters. The second-order valence-corrected chi connectivity index (χ2v) is 5.60. The van der Waals surface area contributed by atoms with E-state index in [4.69, 9.17) is 9.94 Å². The Morgan fingerprint density at radius 2 is 2.13 bits per heavy atom. The van der Waals surface area contributed by atoms with Crippen LogP contribution in [0, 0.1) is 0 Å². The molecule has 1 saturated heterocycles. The lowest BCUT2D eigenvalue weighted by atomic mass is 10.2. The number of carbonyl (C=O) groups is 1. The summed E-state index contributed by atoms with van der Waals surface area (Å²) in [5, 5.41) is 11.0. The minimum atomic E-state index is -0.0227. The Labute approximate surface area is 138 Å². The van der Waals surface area contributed by atoms with Crippen molar-refractivity contribution in [2.45, 2.75) is 19.3 Å². The average molecular weight is 318 g/mol. The zero-order chi connectivity index (χ0) is 16.3. The predicted molar refractivity (Wildman–Crippen MR) is 90.5 cm³/mol. The van der Waals surface area contributed by atoms with Crippen molar-refractivity contribution in [1.82, 2.24) is 9.96 Å². The smallest absolute Gasteiger partial charge is 0.224 e. The molecule has 0 radical (unpaired) electrons. The third-order valence-corrected chi connectivity index (χ3v) is 3.81. The van der Waals surface area contributed by atoms with Crippen molar-refractivity contribution in [2.75, 3.05) is 39.4 Å². The van der Waals surface area contributed by atoms with Gasteiger partial charge in [-0.15, -0.1) is 0 Å². The summed E-state index contributed by atoms with van der Waals surface area (Å²) in [6, 6.07) is 9.97. The Balaban J connectivity index is 1.79. The van der Waals surface area contributed by atoms with E-state index in [1.165, 1.54) is 0 Å². The molecular weight excluding hydrogens is 292 g/mol. The first kappa shape index (κ1) is 17.7. The highest BCUT2D eigenvalue weighted by Crippen LogP contribution is 2.07. The number of hydroxylamine groups is 2. The van der Waals surface area contributed by atoms with Crippen molar-refractivity contribution in [1.29, 1.82) is 0 Å². The fourth-order valence-corrected chi connectivity index (χ4v) is 2.52. The van der Waals surface area contributed by atoms with Gasteiger partial charge in [-0.2, -0.15) is 5.06 Å². The fourth-order valence-electron chi connectivity index (χ4n) is 2.52. The summed E-state index contributed by atoms with van der Waals surface area (Å²) in [6.45, 7) is 3.10. The SMILES string of the molecule is O=C(CCN1CCCCO1)N(C/C=C/c1ccccc1)CCO. The molecule has 1 aromatic carbocycles. The summed E-state index contributed by atoms with van der Waals surface area (Å²) < 4.78 is 0. The first-order chi connectivity index (χ1) is 11.3. The number of nitrogens with zero attached hydrogens (tertiary/aromatic N) is 2. The second kappa shape index (κ2) is 10.2. The molecule has 1 amide bonds. The summed E-state index contributed by atoms with van der Waals surface area (Å²) in [6.07, 6.45) is 6.57. The maximum atomic E-state index is 12.3. The Hall–Kier alpha value is -1.69. The van der Waals surface area contributed by atoms with Crippen molar-refractivity contribution < 1.29 is 14.7 Å². The molecule has 1 N–H and O–H groups in total. The molecule has 5 nitrogen and oxygen atoms in total. The average Bonchev–Trinajstić information content (AvgIpc) is 2.61. The van der Waals surface area contributed by atoms with Crippen LogP contribution in [0.3, 0.4) is 0 Å². The number of aliphatic hydroxyl groups excluding tert-OH is 1. The number of hydrogen-bond acceptors (Lipinski definition) is 4. The molecule has 0 spiro atoms. The van der Waals surface area contributed by atoms with Crippen LogP contribution in [0.25, 0.3) is 6.08 Å². The number of hydrogen-bond donors (Lipinski definition) is 1. The van der Waals surface area contributed by atoms with Crippen molar-refractivity contribution in [3.8, 4) is 0 Å². The van der Waals surface area contributed by atoms with Crippen LogP contribution in [0.1, 0.15) is 24.8 Å². The number of carbonyl (C=O) groups excluding carboxylic acids is 1. The van der Waals surface area contributed by atoms with Crippen molar-refractivity contribution in [3.63, 3.8) is 0 Å². The second-order valence-electron chi connectivity index (χ2n) is 5.60. The van der Waals surface area contributed by atoms with Gasteiger partial charge in [0.2, 0.25) is 5.91 Å². The molecule has 1 fully saturated rings. The number of amides is 1. The lowest BCUT2D eigenvalue weighted by molar-refractivity contribution is -0.182. The normalized spacial score (nSPS) is 15.9. The molecule has 23 heavy (non-hydrogen) atoms. The van der Waals surface area contributed by atoms with Gasteiger partial charge >= 0.3 is 0 Å². The molecule has 0 aliphatic carbocycles.